The third-order valence-electron chi connectivity index (χ3n) is 4.14. The van der Waals surface area contributed by atoms with Gasteiger partial charge in [-0.05, 0) is 53.4 Å². The van der Waals surface area contributed by atoms with Crippen LogP contribution < -0.4 is 24.4 Å². The Morgan fingerprint density at radius 3 is 2.29 bits per heavy atom. The summed E-state index contributed by atoms with van der Waals surface area (Å²) in [6.45, 7) is 0. The van der Waals surface area contributed by atoms with Crippen molar-refractivity contribution in [3.05, 3.63) is 69.9 Å². The Morgan fingerprint density at radius 2 is 1.61 bits per heavy atom. The Hall–Kier alpha value is -3.85. The Bertz CT molecular complexity index is 1100. The summed E-state index contributed by atoms with van der Waals surface area (Å²) in [5, 5.41) is 5.76. The summed E-state index contributed by atoms with van der Waals surface area (Å²) >= 11 is 1.29. The molecule has 0 saturated heterocycles. The second-order valence-electron chi connectivity index (χ2n) is 6.05. The number of amides is 1. The van der Waals surface area contributed by atoms with E-state index in [-0.39, 0.29) is 5.75 Å². The van der Waals surface area contributed by atoms with Gasteiger partial charge in [-0.2, -0.15) is 5.10 Å². The van der Waals surface area contributed by atoms with Gasteiger partial charge in [0, 0.05) is 5.56 Å². The highest BCUT2D eigenvalue weighted by Gasteiger charge is 2.14. The van der Waals surface area contributed by atoms with Crippen molar-refractivity contribution in [2.45, 2.75) is 0 Å². The van der Waals surface area contributed by atoms with E-state index in [1.165, 1.54) is 38.9 Å². The smallest absolute Gasteiger partial charge is 0.353 e. The van der Waals surface area contributed by atoms with Crippen molar-refractivity contribution in [1.82, 2.24) is 5.43 Å². The third-order valence-corrected chi connectivity index (χ3v) is 4.99. The van der Waals surface area contributed by atoms with Gasteiger partial charge in [-0.15, -0.1) is 11.3 Å². The Morgan fingerprint density at radius 1 is 0.903 bits per heavy atom. The van der Waals surface area contributed by atoms with Crippen LogP contribution in [0, 0.1) is 0 Å². The molecule has 1 N–H and O–H groups in total. The molecule has 3 rings (SSSR count). The second kappa shape index (κ2) is 10.3. The van der Waals surface area contributed by atoms with Gasteiger partial charge in [0.25, 0.3) is 5.91 Å². The fourth-order valence-electron chi connectivity index (χ4n) is 2.60. The number of thiophene rings is 1. The summed E-state index contributed by atoms with van der Waals surface area (Å²) in [5.41, 5.74) is 3.45. The first kappa shape index (κ1) is 21.8. The molecule has 0 radical (unpaired) electrons. The largest absolute Gasteiger partial charge is 0.493 e. The second-order valence-corrected chi connectivity index (χ2v) is 6.99. The number of nitrogens with one attached hydrogen (secondary N) is 1. The van der Waals surface area contributed by atoms with Gasteiger partial charge in [-0.1, -0.05) is 6.07 Å². The van der Waals surface area contributed by atoms with E-state index >= 15 is 0 Å². The number of benzene rings is 2. The summed E-state index contributed by atoms with van der Waals surface area (Å²) in [4.78, 5) is 24.9. The predicted octanol–water partition coefficient (Wildman–Crippen LogP) is 3.76. The molecule has 1 aromatic heterocycles. The Kier molecular flexibility index (Phi) is 7.23. The quantitative estimate of drug-likeness (QED) is 0.248. The van der Waals surface area contributed by atoms with Crippen molar-refractivity contribution in [2.24, 2.45) is 5.10 Å². The van der Waals surface area contributed by atoms with Crippen LogP contribution in [0.4, 0.5) is 0 Å². The van der Waals surface area contributed by atoms with Gasteiger partial charge in [0.1, 0.15) is 4.88 Å². The minimum Gasteiger partial charge on any atom is -0.493 e. The lowest BCUT2D eigenvalue weighted by Crippen LogP contribution is -2.17. The van der Waals surface area contributed by atoms with Crippen LogP contribution in [-0.2, 0) is 0 Å². The normalized spacial score (nSPS) is 10.5. The molecule has 8 nitrogen and oxygen atoms in total. The van der Waals surface area contributed by atoms with E-state index in [0.717, 1.165) is 0 Å². The van der Waals surface area contributed by atoms with Crippen LogP contribution in [0.2, 0.25) is 0 Å². The number of carbonyl (C=O) groups is 2. The van der Waals surface area contributed by atoms with Gasteiger partial charge >= 0.3 is 5.97 Å². The Balaban J connectivity index is 1.67. The number of ether oxygens (including phenoxy) is 4. The zero-order chi connectivity index (χ0) is 22.2. The highest BCUT2D eigenvalue weighted by Crippen LogP contribution is 2.29. The number of hydrazone groups is 1. The molecule has 0 fully saturated rings. The number of hydrogen-bond donors (Lipinski definition) is 1. The van der Waals surface area contributed by atoms with E-state index in [2.05, 4.69) is 10.5 Å². The first-order valence-corrected chi connectivity index (χ1v) is 9.92. The van der Waals surface area contributed by atoms with Gasteiger partial charge in [0.05, 0.1) is 27.5 Å². The highest BCUT2D eigenvalue weighted by atomic mass is 32.1. The molecule has 0 saturated carbocycles. The molecule has 0 unspecified atom stereocenters. The number of hydrogen-bond acceptors (Lipinski definition) is 8. The number of methoxy groups -OCH3 is 3. The van der Waals surface area contributed by atoms with Crippen LogP contribution in [0.1, 0.15) is 25.6 Å². The first-order valence-electron chi connectivity index (χ1n) is 9.05. The maximum atomic E-state index is 12.3. The molecule has 9 heteroatoms. The summed E-state index contributed by atoms with van der Waals surface area (Å²) in [7, 11) is 4.48. The van der Waals surface area contributed by atoms with Crippen LogP contribution in [0.15, 0.2) is 59.0 Å². The van der Waals surface area contributed by atoms with E-state index < -0.39 is 11.9 Å². The van der Waals surface area contributed by atoms with Crippen LogP contribution in [0.3, 0.4) is 0 Å². The molecule has 1 amide bonds. The third kappa shape index (κ3) is 5.40. The monoisotopic (exact) mass is 440 g/mol. The van der Waals surface area contributed by atoms with Crippen molar-refractivity contribution in [3.63, 3.8) is 0 Å². The molecule has 0 atom stereocenters. The first-order chi connectivity index (χ1) is 15.0. The van der Waals surface area contributed by atoms with Crippen LogP contribution in [-0.4, -0.2) is 39.4 Å². The number of esters is 1. The van der Waals surface area contributed by atoms with Crippen molar-refractivity contribution < 1.29 is 28.5 Å². The summed E-state index contributed by atoms with van der Waals surface area (Å²) in [6.07, 6.45) is 1.45. The average molecular weight is 440 g/mol. The SMILES string of the molecule is COc1ccc(C(=O)N/N=C/c2ccc(OC(=O)c3cccs3)c(OC)c2)cc1OC. The van der Waals surface area contributed by atoms with Gasteiger partial charge in [0.2, 0.25) is 0 Å². The topological polar surface area (TPSA) is 95.5 Å². The van der Waals surface area contributed by atoms with E-state index in [9.17, 15) is 9.59 Å². The van der Waals surface area contributed by atoms with Crippen molar-refractivity contribution >= 4 is 29.4 Å². The summed E-state index contributed by atoms with van der Waals surface area (Å²) in [6, 6.07) is 13.2. The highest BCUT2D eigenvalue weighted by molar-refractivity contribution is 7.12. The van der Waals surface area contributed by atoms with Crippen molar-refractivity contribution in [1.29, 1.82) is 0 Å². The minimum atomic E-state index is -0.461. The number of carbonyl (C=O) groups excluding carboxylic acids is 2. The molecule has 0 aliphatic carbocycles. The molecule has 0 aliphatic heterocycles. The molecule has 3 aromatic rings. The van der Waals surface area contributed by atoms with Gasteiger partial charge in [-0.3, -0.25) is 4.79 Å². The summed E-state index contributed by atoms with van der Waals surface area (Å²) < 4.78 is 21.0. The maximum Gasteiger partial charge on any atom is 0.353 e. The zero-order valence-corrected chi connectivity index (χ0v) is 17.9. The molecule has 1 heterocycles. The van der Waals surface area contributed by atoms with E-state index in [4.69, 9.17) is 18.9 Å². The van der Waals surface area contributed by atoms with E-state index in [1.807, 2.05) is 0 Å². The number of nitrogens with zero attached hydrogens (tertiary/aromatic N) is 1. The lowest BCUT2D eigenvalue weighted by atomic mass is 10.2. The van der Waals surface area contributed by atoms with E-state index in [0.29, 0.717) is 33.3 Å². The standard InChI is InChI=1S/C22H20N2O6S/c1-27-16-9-7-15(12-19(16)29-3)21(25)24-23-13-14-6-8-17(18(11-14)28-2)30-22(26)20-5-4-10-31-20/h4-13H,1-3H3,(H,24,25)/b23-13+. The molecule has 0 spiro atoms. The maximum absolute atomic E-state index is 12.3. The van der Waals surface area contributed by atoms with Crippen molar-refractivity contribution in [2.75, 3.05) is 21.3 Å². The van der Waals surface area contributed by atoms with E-state index in [1.54, 1.807) is 53.9 Å². The zero-order valence-electron chi connectivity index (χ0n) is 17.1. The van der Waals surface area contributed by atoms with Gasteiger partial charge in [-0.25, -0.2) is 10.2 Å². The number of rotatable bonds is 8. The predicted molar refractivity (Wildman–Crippen MR) is 117 cm³/mol. The van der Waals surface area contributed by atoms with Gasteiger partial charge < -0.3 is 18.9 Å². The fourth-order valence-corrected chi connectivity index (χ4v) is 3.20. The van der Waals surface area contributed by atoms with Crippen LogP contribution in [0.25, 0.3) is 0 Å². The lowest BCUT2D eigenvalue weighted by Gasteiger charge is -2.09. The summed E-state index contributed by atoms with van der Waals surface area (Å²) in [5.74, 6) is 0.737. The molecule has 160 valence electrons. The lowest BCUT2D eigenvalue weighted by molar-refractivity contribution is 0.0734. The fraction of sp³-hybridized carbons (Fsp3) is 0.136. The molecular weight excluding hydrogens is 420 g/mol. The molecule has 0 aliphatic rings. The van der Waals surface area contributed by atoms with Crippen molar-refractivity contribution in [3.8, 4) is 23.0 Å². The molecule has 0 bridgehead atoms. The molecule has 31 heavy (non-hydrogen) atoms. The molecule has 2 aromatic carbocycles. The van der Waals surface area contributed by atoms with Gasteiger partial charge in [0.15, 0.2) is 23.0 Å². The minimum absolute atomic E-state index is 0.285. The van der Waals surface area contributed by atoms with Crippen LogP contribution in [0.5, 0.6) is 23.0 Å². The average Bonchev–Trinajstić information content (AvgIpc) is 3.34. The molecular formula is C22H20N2O6S. The van der Waals surface area contributed by atoms with Crippen LogP contribution >= 0.6 is 11.3 Å². The Labute approximate surface area is 183 Å².